The van der Waals surface area contributed by atoms with Gasteiger partial charge in [-0.25, -0.2) is 4.68 Å². The van der Waals surface area contributed by atoms with Gasteiger partial charge in [0.25, 0.3) is 0 Å². The van der Waals surface area contributed by atoms with Crippen LogP contribution in [0.25, 0.3) is 11.5 Å². The number of rotatable bonds is 9. The third-order valence-corrected chi connectivity index (χ3v) is 6.37. The minimum absolute atomic E-state index is 0.0662. The van der Waals surface area contributed by atoms with E-state index >= 15 is 0 Å². The third-order valence-electron chi connectivity index (χ3n) is 5.15. The highest BCUT2D eigenvalue weighted by Gasteiger charge is 2.18. The highest BCUT2D eigenvalue weighted by Crippen LogP contribution is 2.21. The van der Waals surface area contributed by atoms with Gasteiger partial charge in [-0.3, -0.25) is 9.00 Å². The molecule has 1 N–H and O–H groups in total. The molecule has 4 rings (SSSR count). The number of hydrogen-bond donors (Lipinski definition) is 1. The molecule has 0 unspecified atom stereocenters. The number of nitrogens with zero attached hydrogens (tertiary/aromatic N) is 4. The number of benzene rings is 1. The summed E-state index contributed by atoms with van der Waals surface area (Å²) < 4.78 is 21.7. The molecule has 166 valence electrons. The molecule has 3 heterocycles. The van der Waals surface area contributed by atoms with Gasteiger partial charge >= 0.3 is 0 Å². The highest BCUT2D eigenvalue weighted by molar-refractivity contribution is 7.84. The lowest BCUT2D eigenvalue weighted by molar-refractivity contribution is -0.118. The van der Waals surface area contributed by atoms with Gasteiger partial charge in [-0.2, -0.15) is 5.10 Å². The zero-order valence-corrected chi connectivity index (χ0v) is 18.8. The average Bonchev–Trinajstić information content (AvgIpc) is 3.51. The van der Waals surface area contributed by atoms with Crippen molar-refractivity contribution in [1.29, 1.82) is 0 Å². The molecule has 9 heteroatoms. The van der Waals surface area contributed by atoms with Crippen LogP contribution in [0.1, 0.15) is 22.6 Å². The normalized spacial score (nSPS) is 12.1. The second-order valence-electron chi connectivity index (χ2n) is 7.46. The zero-order chi connectivity index (χ0) is 22.5. The predicted octanol–water partition coefficient (Wildman–Crippen LogP) is 2.88. The summed E-state index contributed by atoms with van der Waals surface area (Å²) in [5.74, 6) is 1.50. The number of carbonyl (C=O) groups is 1. The van der Waals surface area contributed by atoms with Crippen LogP contribution in [0.2, 0.25) is 0 Å². The second kappa shape index (κ2) is 9.78. The Bertz CT molecular complexity index is 1190. The lowest BCUT2D eigenvalue weighted by Gasteiger charge is -2.11. The molecule has 8 nitrogen and oxygen atoms in total. The standard InChI is InChI=1S/C23H25N5O3S/c1-17-21(18(2)31-26-17)10-11-24-22(29)16-32(30)15-19-14-25-28(20-8-4-3-5-9-20)23(19)27-12-6-7-13-27/h3-9,12-14H,10-11,15-16H2,1-2H3,(H,24,29)/t32-/m0/s1. The Morgan fingerprint density at radius 3 is 2.56 bits per heavy atom. The van der Waals surface area contributed by atoms with Crippen LogP contribution >= 0.6 is 0 Å². The summed E-state index contributed by atoms with van der Waals surface area (Å²) in [5.41, 5.74) is 3.54. The number of carbonyl (C=O) groups excluding carboxylic acids is 1. The smallest absolute Gasteiger partial charge is 0.232 e. The van der Waals surface area contributed by atoms with Crippen molar-refractivity contribution in [2.45, 2.75) is 26.0 Å². The Kier molecular flexibility index (Phi) is 6.65. The molecule has 0 fully saturated rings. The minimum Gasteiger partial charge on any atom is -0.361 e. The summed E-state index contributed by atoms with van der Waals surface area (Å²) in [5, 5.41) is 11.3. The summed E-state index contributed by atoms with van der Waals surface area (Å²) in [6.45, 7) is 4.17. The van der Waals surface area contributed by atoms with Crippen LogP contribution in [0, 0.1) is 13.8 Å². The fraction of sp³-hybridized carbons (Fsp3) is 0.261. The maximum atomic E-state index is 12.8. The van der Waals surface area contributed by atoms with E-state index in [1.165, 1.54) is 0 Å². The van der Waals surface area contributed by atoms with Gasteiger partial charge < -0.3 is 14.4 Å². The summed E-state index contributed by atoms with van der Waals surface area (Å²) in [4.78, 5) is 12.3. The first-order chi connectivity index (χ1) is 15.5. The Labute approximate surface area is 188 Å². The van der Waals surface area contributed by atoms with Gasteiger partial charge in [-0.15, -0.1) is 0 Å². The van der Waals surface area contributed by atoms with Crippen LogP contribution in [-0.2, 0) is 27.8 Å². The van der Waals surface area contributed by atoms with Gasteiger partial charge in [0.2, 0.25) is 5.91 Å². The van der Waals surface area contributed by atoms with Crippen molar-refractivity contribution in [2.75, 3.05) is 12.3 Å². The van der Waals surface area contributed by atoms with E-state index in [1.807, 2.05) is 78.0 Å². The first kappa shape index (κ1) is 21.8. The molecule has 1 aromatic carbocycles. The maximum absolute atomic E-state index is 12.8. The fourth-order valence-electron chi connectivity index (χ4n) is 3.59. The van der Waals surface area contributed by atoms with Crippen LogP contribution < -0.4 is 5.32 Å². The van der Waals surface area contributed by atoms with Crippen molar-refractivity contribution >= 4 is 16.7 Å². The molecule has 0 saturated carbocycles. The number of amides is 1. The molecule has 0 aliphatic rings. The van der Waals surface area contributed by atoms with Crippen molar-refractivity contribution in [3.05, 3.63) is 83.6 Å². The van der Waals surface area contributed by atoms with E-state index in [9.17, 15) is 9.00 Å². The Morgan fingerprint density at radius 1 is 1.12 bits per heavy atom. The molecule has 1 amide bonds. The van der Waals surface area contributed by atoms with Gasteiger partial charge in [-0.1, -0.05) is 23.4 Å². The van der Waals surface area contributed by atoms with Gasteiger partial charge in [0, 0.05) is 40.9 Å². The molecule has 0 bridgehead atoms. The zero-order valence-electron chi connectivity index (χ0n) is 18.0. The maximum Gasteiger partial charge on any atom is 0.232 e. The van der Waals surface area contributed by atoms with E-state index in [0.29, 0.717) is 13.0 Å². The van der Waals surface area contributed by atoms with Crippen LogP contribution in [0.5, 0.6) is 0 Å². The van der Waals surface area contributed by atoms with E-state index in [0.717, 1.165) is 34.1 Å². The van der Waals surface area contributed by atoms with E-state index < -0.39 is 10.8 Å². The number of aromatic nitrogens is 4. The molecule has 1 atom stereocenters. The summed E-state index contributed by atoms with van der Waals surface area (Å²) in [6.07, 6.45) is 6.19. The van der Waals surface area contributed by atoms with Crippen LogP contribution in [0.15, 0.2) is 65.6 Å². The van der Waals surface area contributed by atoms with E-state index in [2.05, 4.69) is 15.6 Å². The van der Waals surface area contributed by atoms with E-state index in [4.69, 9.17) is 4.52 Å². The van der Waals surface area contributed by atoms with E-state index in [-0.39, 0.29) is 17.4 Å². The second-order valence-corrected chi connectivity index (χ2v) is 8.92. The fourth-order valence-corrected chi connectivity index (χ4v) is 4.64. The largest absolute Gasteiger partial charge is 0.361 e. The van der Waals surface area contributed by atoms with Crippen LogP contribution in [-0.4, -0.2) is 41.9 Å². The first-order valence-corrected chi connectivity index (χ1v) is 11.8. The average molecular weight is 452 g/mol. The summed E-state index contributed by atoms with van der Waals surface area (Å²) >= 11 is 0. The molecule has 0 saturated heterocycles. The monoisotopic (exact) mass is 451 g/mol. The Morgan fingerprint density at radius 2 is 1.88 bits per heavy atom. The van der Waals surface area contributed by atoms with Crippen molar-refractivity contribution in [2.24, 2.45) is 0 Å². The summed E-state index contributed by atoms with van der Waals surface area (Å²) in [7, 11) is -1.37. The molecule has 0 radical (unpaired) electrons. The number of hydrogen-bond acceptors (Lipinski definition) is 5. The third kappa shape index (κ3) is 4.88. The molecular formula is C23H25N5O3S. The molecule has 0 aliphatic heterocycles. The Balaban J connectivity index is 1.41. The topological polar surface area (TPSA) is 95.0 Å². The highest BCUT2D eigenvalue weighted by atomic mass is 32.2. The number of nitrogens with one attached hydrogen (secondary N) is 1. The first-order valence-electron chi connectivity index (χ1n) is 10.3. The molecule has 0 spiro atoms. The van der Waals surface area contributed by atoms with Crippen molar-refractivity contribution in [3.63, 3.8) is 0 Å². The quantitative estimate of drug-likeness (QED) is 0.422. The summed E-state index contributed by atoms with van der Waals surface area (Å²) in [6, 6.07) is 13.6. The molecule has 4 aromatic rings. The van der Waals surface area contributed by atoms with Gasteiger partial charge in [0.15, 0.2) is 0 Å². The van der Waals surface area contributed by atoms with Gasteiger partial charge in [0.05, 0.1) is 23.3 Å². The lowest BCUT2D eigenvalue weighted by Crippen LogP contribution is -2.30. The number of aryl methyl sites for hydroxylation is 2. The van der Waals surface area contributed by atoms with Crippen molar-refractivity contribution in [1.82, 2.24) is 24.8 Å². The minimum atomic E-state index is -1.37. The molecule has 0 aliphatic carbocycles. The van der Waals surface area contributed by atoms with Crippen molar-refractivity contribution in [3.8, 4) is 11.5 Å². The molecule has 3 aromatic heterocycles. The predicted molar refractivity (Wildman–Crippen MR) is 122 cm³/mol. The SMILES string of the molecule is Cc1noc(C)c1CCNC(=O)C[S@@](=O)Cc1cnn(-c2ccccc2)c1-n1cccc1. The van der Waals surface area contributed by atoms with Crippen LogP contribution in [0.4, 0.5) is 0 Å². The lowest BCUT2D eigenvalue weighted by atomic mass is 10.1. The van der Waals surface area contributed by atoms with Gasteiger partial charge in [-0.05, 0) is 44.5 Å². The number of para-hydroxylation sites is 1. The Hall–Kier alpha value is -3.46. The van der Waals surface area contributed by atoms with E-state index in [1.54, 1.807) is 6.20 Å². The molecular weight excluding hydrogens is 426 g/mol. The van der Waals surface area contributed by atoms with Gasteiger partial charge in [0.1, 0.15) is 17.3 Å². The van der Waals surface area contributed by atoms with Crippen molar-refractivity contribution < 1.29 is 13.5 Å². The van der Waals surface area contributed by atoms with Crippen LogP contribution in [0.3, 0.4) is 0 Å². The molecule has 32 heavy (non-hydrogen) atoms.